The van der Waals surface area contributed by atoms with E-state index in [9.17, 15) is 4.79 Å². The molecule has 2 rings (SSSR count). The van der Waals surface area contributed by atoms with Crippen LogP contribution in [0.1, 0.15) is 25.2 Å². The first-order valence-electron chi connectivity index (χ1n) is 6.74. The lowest BCUT2D eigenvalue weighted by molar-refractivity contribution is 0.464. The Morgan fingerprint density at radius 2 is 2.05 bits per heavy atom. The van der Waals surface area contributed by atoms with Gasteiger partial charge in [-0.3, -0.25) is 14.8 Å². The van der Waals surface area contributed by atoms with Gasteiger partial charge >= 0.3 is 0 Å². The Morgan fingerprint density at radius 3 is 2.67 bits per heavy atom. The maximum Gasteiger partial charge on any atom is 0.287 e. The fraction of sp³-hybridized carbons (Fsp3) is 0.429. The van der Waals surface area contributed by atoms with E-state index >= 15 is 0 Å². The molecule has 0 saturated heterocycles. The molecule has 1 N–H and O–H groups in total. The highest BCUT2D eigenvalue weighted by molar-refractivity contribution is 6.32. The minimum atomic E-state index is -0.287. The molecule has 0 amide bonds. The lowest BCUT2D eigenvalue weighted by atomic mass is 10.2. The molecule has 2 aromatic rings. The standard InChI is InChI=1S/C14H18ClN5O/c1-9(2)8-20-14(21)13(15)12(7-19-20)18-6-11-5-16-10(3)4-17-11/h4-5,7,9,18H,6,8H2,1-3H3. The average molecular weight is 308 g/mol. The van der Waals surface area contributed by atoms with Crippen molar-refractivity contribution in [1.29, 1.82) is 0 Å². The Morgan fingerprint density at radius 1 is 1.29 bits per heavy atom. The normalized spacial score (nSPS) is 10.9. The average Bonchev–Trinajstić information content (AvgIpc) is 2.44. The summed E-state index contributed by atoms with van der Waals surface area (Å²) in [5.74, 6) is 0.327. The van der Waals surface area contributed by atoms with Crippen LogP contribution in [0.15, 0.2) is 23.4 Å². The molecule has 2 aromatic heterocycles. The molecule has 112 valence electrons. The van der Waals surface area contributed by atoms with Crippen LogP contribution in [0, 0.1) is 12.8 Å². The third kappa shape index (κ3) is 4.01. The number of nitrogens with one attached hydrogen (secondary N) is 1. The van der Waals surface area contributed by atoms with Gasteiger partial charge in [-0.05, 0) is 12.8 Å². The first-order chi connectivity index (χ1) is 9.97. The summed E-state index contributed by atoms with van der Waals surface area (Å²) in [7, 11) is 0. The van der Waals surface area contributed by atoms with Gasteiger partial charge in [-0.25, -0.2) is 4.68 Å². The van der Waals surface area contributed by atoms with Gasteiger partial charge in [0.05, 0.1) is 36.0 Å². The van der Waals surface area contributed by atoms with E-state index in [0.717, 1.165) is 11.4 Å². The lowest BCUT2D eigenvalue weighted by Gasteiger charge is -2.11. The van der Waals surface area contributed by atoms with E-state index in [1.54, 1.807) is 18.6 Å². The molecule has 0 unspecified atom stereocenters. The number of anilines is 1. The smallest absolute Gasteiger partial charge is 0.287 e. The van der Waals surface area contributed by atoms with Crippen molar-refractivity contribution in [1.82, 2.24) is 19.7 Å². The zero-order valence-corrected chi connectivity index (χ0v) is 13.1. The van der Waals surface area contributed by atoms with E-state index < -0.39 is 0 Å². The first kappa shape index (κ1) is 15.4. The van der Waals surface area contributed by atoms with Crippen LogP contribution >= 0.6 is 11.6 Å². The SMILES string of the molecule is Cc1cnc(CNc2cnn(CC(C)C)c(=O)c2Cl)cn1. The second-order valence-electron chi connectivity index (χ2n) is 5.26. The zero-order chi connectivity index (χ0) is 15.4. The third-order valence-electron chi connectivity index (χ3n) is 2.82. The second kappa shape index (κ2) is 6.67. The molecule has 0 aromatic carbocycles. The molecule has 7 heteroatoms. The highest BCUT2D eigenvalue weighted by Gasteiger charge is 2.10. The molecule has 0 atom stereocenters. The maximum absolute atomic E-state index is 12.1. The Hall–Kier alpha value is -1.95. The van der Waals surface area contributed by atoms with Gasteiger partial charge in [0, 0.05) is 12.7 Å². The number of aromatic nitrogens is 4. The van der Waals surface area contributed by atoms with E-state index in [1.165, 1.54) is 4.68 Å². The highest BCUT2D eigenvalue weighted by atomic mass is 35.5. The number of hydrogen-bond donors (Lipinski definition) is 1. The number of halogens is 1. The Labute approximate surface area is 128 Å². The Kier molecular flexibility index (Phi) is 4.90. The minimum absolute atomic E-state index is 0.144. The summed E-state index contributed by atoms with van der Waals surface area (Å²) < 4.78 is 1.38. The summed E-state index contributed by atoms with van der Waals surface area (Å²) >= 11 is 6.10. The van der Waals surface area contributed by atoms with E-state index in [4.69, 9.17) is 11.6 Å². The summed E-state index contributed by atoms with van der Waals surface area (Å²) in [6, 6.07) is 0. The molecule has 0 aliphatic rings. The fourth-order valence-corrected chi connectivity index (χ4v) is 1.97. The molecule has 21 heavy (non-hydrogen) atoms. The molecular weight excluding hydrogens is 290 g/mol. The van der Waals surface area contributed by atoms with Crippen molar-refractivity contribution in [2.75, 3.05) is 5.32 Å². The van der Waals surface area contributed by atoms with Crippen LogP contribution in [0.5, 0.6) is 0 Å². The molecule has 2 heterocycles. The minimum Gasteiger partial charge on any atom is -0.377 e. The summed E-state index contributed by atoms with van der Waals surface area (Å²) in [4.78, 5) is 20.5. The Bertz CT molecular complexity index is 666. The van der Waals surface area contributed by atoms with Gasteiger partial charge in [0.2, 0.25) is 0 Å². The number of nitrogens with zero attached hydrogens (tertiary/aromatic N) is 4. The van der Waals surface area contributed by atoms with Gasteiger partial charge in [-0.15, -0.1) is 0 Å². The topological polar surface area (TPSA) is 72.7 Å². The van der Waals surface area contributed by atoms with Crippen LogP contribution in [-0.2, 0) is 13.1 Å². The van der Waals surface area contributed by atoms with Gasteiger partial charge < -0.3 is 5.32 Å². The van der Waals surface area contributed by atoms with Crippen molar-refractivity contribution in [2.45, 2.75) is 33.9 Å². The van der Waals surface area contributed by atoms with E-state index in [2.05, 4.69) is 20.4 Å². The Balaban J connectivity index is 2.12. The molecule has 0 saturated carbocycles. The van der Waals surface area contributed by atoms with Crippen LogP contribution in [0.4, 0.5) is 5.69 Å². The van der Waals surface area contributed by atoms with Crippen LogP contribution in [0.2, 0.25) is 5.02 Å². The number of hydrogen-bond acceptors (Lipinski definition) is 5. The fourth-order valence-electron chi connectivity index (χ4n) is 1.76. The predicted molar refractivity (Wildman–Crippen MR) is 82.4 cm³/mol. The van der Waals surface area contributed by atoms with Crippen molar-refractivity contribution in [3.8, 4) is 0 Å². The molecule has 0 aliphatic carbocycles. The summed E-state index contributed by atoms with van der Waals surface area (Å²) in [5.41, 5.74) is 1.84. The summed E-state index contributed by atoms with van der Waals surface area (Å²) in [6.07, 6.45) is 4.94. The van der Waals surface area contributed by atoms with Crippen LogP contribution in [-0.4, -0.2) is 19.7 Å². The predicted octanol–water partition coefficient (Wildman–Crippen LogP) is 2.26. The van der Waals surface area contributed by atoms with Crippen molar-refractivity contribution in [2.24, 2.45) is 5.92 Å². The van der Waals surface area contributed by atoms with Crippen molar-refractivity contribution in [3.63, 3.8) is 0 Å². The first-order valence-corrected chi connectivity index (χ1v) is 7.12. The van der Waals surface area contributed by atoms with Crippen LogP contribution < -0.4 is 10.9 Å². The maximum atomic E-state index is 12.1. The molecule has 0 fully saturated rings. The number of rotatable bonds is 5. The van der Waals surface area contributed by atoms with E-state index in [-0.39, 0.29) is 10.6 Å². The lowest BCUT2D eigenvalue weighted by Crippen LogP contribution is -2.26. The third-order valence-corrected chi connectivity index (χ3v) is 3.18. The molecule has 0 bridgehead atoms. The summed E-state index contributed by atoms with van der Waals surface area (Å²) in [6.45, 7) is 6.89. The van der Waals surface area contributed by atoms with E-state index in [0.29, 0.717) is 24.7 Å². The molecule has 6 nitrogen and oxygen atoms in total. The quantitative estimate of drug-likeness (QED) is 0.917. The van der Waals surface area contributed by atoms with Crippen molar-refractivity contribution >= 4 is 17.3 Å². The van der Waals surface area contributed by atoms with Gasteiger partial charge in [0.15, 0.2) is 0 Å². The summed E-state index contributed by atoms with van der Waals surface area (Å²) in [5, 5.41) is 7.33. The molecule has 0 aliphatic heterocycles. The van der Waals surface area contributed by atoms with Gasteiger partial charge in [-0.2, -0.15) is 5.10 Å². The second-order valence-corrected chi connectivity index (χ2v) is 5.63. The molecule has 0 spiro atoms. The van der Waals surface area contributed by atoms with Gasteiger partial charge in [0.25, 0.3) is 5.56 Å². The van der Waals surface area contributed by atoms with Crippen molar-refractivity contribution < 1.29 is 0 Å². The van der Waals surface area contributed by atoms with Crippen LogP contribution in [0.3, 0.4) is 0 Å². The largest absolute Gasteiger partial charge is 0.377 e. The highest BCUT2D eigenvalue weighted by Crippen LogP contribution is 2.16. The number of aryl methyl sites for hydroxylation is 1. The van der Waals surface area contributed by atoms with Crippen LogP contribution in [0.25, 0.3) is 0 Å². The monoisotopic (exact) mass is 307 g/mol. The van der Waals surface area contributed by atoms with Gasteiger partial charge in [0.1, 0.15) is 5.02 Å². The molecule has 0 radical (unpaired) electrons. The molecular formula is C14H18ClN5O. The van der Waals surface area contributed by atoms with E-state index in [1.807, 2.05) is 20.8 Å². The van der Waals surface area contributed by atoms with Crippen molar-refractivity contribution in [3.05, 3.63) is 45.4 Å². The zero-order valence-electron chi connectivity index (χ0n) is 12.3. The van der Waals surface area contributed by atoms with Gasteiger partial charge in [-0.1, -0.05) is 25.4 Å².